The molecular weight excluding hydrogens is 215 g/mol. The van der Waals surface area contributed by atoms with Gasteiger partial charge in [-0.05, 0) is 56.6 Å². The Morgan fingerprint density at radius 2 is 2.35 bits per heavy atom. The van der Waals surface area contributed by atoms with Crippen molar-refractivity contribution in [2.45, 2.75) is 25.3 Å². The number of likely N-dealkylation sites (tertiary alicyclic amines) is 1. The molecule has 1 aromatic heterocycles. The molecule has 0 amide bonds. The molecule has 1 saturated heterocycles. The Morgan fingerprint density at radius 1 is 1.47 bits per heavy atom. The first kappa shape index (κ1) is 10.8. The SMILES string of the molecule is CN1CCCC1Cc1c[nH]c2ccc(F)cc12. The van der Waals surface area contributed by atoms with E-state index in [1.54, 1.807) is 6.07 Å². The lowest BCUT2D eigenvalue weighted by Gasteiger charge is -2.18. The summed E-state index contributed by atoms with van der Waals surface area (Å²) in [5.41, 5.74) is 2.26. The highest BCUT2D eigenvalue weighted by Gasteiger charge is 2.22. The standard InChI is InChI=1S/C14H17FN2/c1-17-6-2-3-12(17)7-10-9-16-14-5-4-11(15)8-13(10)14/h4-5,8-9,12,16H,2-3,6-7H2,1H3. The summed E-state index contributed by atoms with van der Waals surface area (Å²) >= 11 is 0. The quantitative estimate of drug-likeness (QED) is 0.843. The predicted octanol–water partition coefficient (Wildman–Crippen LogP) is 2.94. The summed E-state index contributed by atoms with van der Waals surface area (Å²) in [6, 6.07) is 5.56. The van der Waals surface area contributed by atoms with Crippen LogP contribution in [0.25, 0.3) is 10.9 Å². The summed E-state index contributed by atoms with van der Waals surface area (Å²) in [6.45, 7) is 1.18. The summed E-state index contributed by atoms with van der Waals surface area (Å²) in [6.07, 6.45) is 5.56. The third-order valence-corrected chi connectivity index (χ3v) is 3.86. The fourth-order valence-corrected chi connectivity index (χ4v) is 2.81. The van der Waals surface area contributed by atoms with Gasteiger partial charge in [-0.1, -0.05) is 0 Å². The van der Waals surface area contributed by atoms with E-state index in [4.69, 9.17) is 0 Å². The molecule has 3 heteroatoms. The minimum Gasteiger partial charge on any atom is -0.361 e. The number of halogens is 1. The molecule has 2 heterocycles. The minimum absolute atomic E-state index is 0.155. The van der Waals surface area contributed by atoms with Crippen molar-refractivity contribution in [1.82, 2.24) is 9.88 Å². The van der Waals surface area contributed by atoms with Gasteiger partial charge >= 0.3 is 0 Å². The molecule has 17 heavy (non-hydrogen) atoms. The second kappa shape index (κ2) is 4.15. The normalized spacial score (nSPS) is 21.4. The highest BCUT2D eigenvalue weighted by Crippen LogP contribution is 2.25. The highest BCUT2D eigenvalue weighted by molar-refractivity contribution is 5.83. The maximum absolute atomic E-state index is 13.3. The van der Waals surface area contributed by atoms with Crippen molar-refractivity contribution in [3.05, 3.63) is 35.8 Å². The Morgan fingerprint density at radius 3 is 3.12 bits per heavy atom. The molecule has 3 rings (SSSR count). The fraction of sp³-hybridized carbons (Fsp3) is 0.429. The van der Waals surface area contributed by atoms with Crippen molar-refractivity contribution in [3.63, 3.8) is 0 Å². The summed E-state index contributed by atoms with van der Waals surface area (Å²) in [5.74, 6) is -0.155. The first-order chi connectivity index (χ1) is 8.24. The first-order valence-electron chi connectivity index (χ1n) is 6.20. The summed E-state index contributed by atoms with van der Waals surface area (Å²) in [5, 5.41) is 1.03. The minimum atomic E-state index is -0.155. The van der Waals surface area contributed by atoms with Gasteiger partial charge < -0.3 is 9.88 Å². The lowest BCUT2D eigenvalue weighted by atomic mass is 10.0. The molecule has 2 aromatic rings. The topological polar surface area (TPSA) is 19.0 Å². The second-order valence-corrected chi connectivity index (χ2v) is 4.98. The number of aromatic nitrogens is 1. The number of hydrogen-bond acceptors (Lipinski definition) is 1. The van der Waals surface area contributed by atoms with Crippen molar-refractivity contribution in [2.24, 2.45) is 0 Å². The van der Waals surface area contributed by atoms with Gasteiger partial charge in [-0.15, -0.1) is 0 Å². The lowest BCUT2D eigenvalue weighted by molar-refractivity contribution is 0.310. The Kier molecular flexibility index (Phi) is 2.63. The van der Waals surface area contributed by atoms with Gasteiger partial charge in [-0.25, -0.2) is 4.39 Å². The van der Waals surface area contributed by atoms with Crippen LogP contribution in [0.5, 0.6) is 0 Å². The van der Waals surface area contributed by atoms with E-state index >= 15 is 0 Å². The largest absolute Gasteiger partial charge is 0.361 e. The Balaban J connectivity index is 1.92. The molecule has 1 aliphatic heterocycles. The average Bonchev–Trinajstić information content (AvgIpc) is 2.88. The number of fused-ring (bicyclic) bond motifs is 1. The number of aromatic amines is 1. The van der Waals surface area contributed by atoms with Gasteiger partial charge in [0.05, 0.1) is 0 Å². The van der Waals surface area contributed by atoms with Crippen molar-refractivity contribution >= 4 is 10.9 Å². The molecule has 0 radical (unpaired) electrons. The van der Waals surface area contributed by atoms with E-state index in [9.17, 15) is 4.39 Å². The van der Waals surface area contributed by atoms with Crippen molar-refractivity contribution in [2.75, 3.05) is 13.6 Å². The molecule has 1 unspecified atom stereocenters. The van der Waals surface area contributed by atoms with Crippen LogP contribution in [0.15, 0.2) is 24.4 Å². The van der Waals surface area contributed by atoms with Crippen LogP contribution in [0.4, 0.5) is 4.39 Å². The number of nitrogens with one attached hydrogen (secondary N) is 1. The third-order valence-electron chi connectivity index (χ3n) is 3.86. The van der Waals surface area contributed by atoms with Crippen LogP contribution in [-0.4, -0.2) is 29.5 Å². The summed E-state index contributed by atoms with van der Waals surface area (Å²) in [4.78, 5) is 5.62. The maximum Gasteiger partial charge on any atom is 0.123 e. The van der Waals surface area contributed by atoms with Crippen LogP contribution in [0.2, 0.25) is 0 Å². The zero-order valence-corrected chi connectivity index (χ0v) is 10.0. The van der Waals surface area contributed by atoms with Crippen molar-refractivity contribution < 1.29 is 4.39 Å². The van der Waals surface area contributed by atoms with Gasteiger partial charge in [0.2, 0.25) is 0 Å². The van der Waals surface area contributed by atoms with Crippen LogP contribution in [-0.2, 0) is 6.42 Å². The monoisotopic (exact) mass is 232 g/mol. The van der Waals surface area contributed by atoms with Crippen LogP contribution >= 0.6 is 0 Å². The van der Waals surface area contributed by atoms with Crippen molar-refractivity contribution in [3.8, 4) is 0 Å². The zero-order chi connectivity index (χ0) is 11.8. The molecule has 0 saturated carbocycles. The van der Waals surface area contributed by atoms with E-state index in [-0.39, 0.29) is 5.82 Å². The van der Waals surface area contributed by atoms with Crippen LogP contribution < -0.4 is 0 Å². The Bertz CT molecular complexity index is 532. The molecule has 2 nitrogen and oxygen atoms in total. The molecule has 1 aliphatic rings. The van der Waals surface area contributed by atoms with Crippen molar-refractivity contribution in [1.29, 1.82) is 0 Å². The first-order valence-corrected chi connectivity index (χ1v) is 6.20. The number of likely N-dealkylation sites (N-methyl/N-ethyl adjacent to an activating group) is 1. The molecule has 1 N–H and O–H groups in total. The van der Waals surface area contributed by atoms with E-state index < -0.39 is 0 Å². The lowest BCUT2D eigenvalue weighted by Crippen LogP contribution is -2.26. The molecule has 0 aliphatic carbocycles. The Labute approximate surface area is 100 Å². The maximum atomic E-state index is 13.3. The average molecular weight is 232 g/mol. The molecule has 0 bridgehead atoms. The number of hydrogen-bond donors (Lipinski definition) is 1. The van der Waals surface area contributed by atoms with Gasteiger partial charge in [0, 0.05) is 23.1 Å². The van der Waals surface area contributed by atoms with Crippen LogP contribution in [0, 0.1) is 5.82 Å². The Hall–Kier alpha value is -1.35. The number of H-pyrrole nitrogens is 1. The third kappa shape index (κ3) is 1.95. The van der Waals surface area contributed by atoms with E-state index in [1.807, 2.05) is 12.3 Å². The van der Waals surface area contributed by atoms with Gasteiger partial charge in [0.1, 0.15) is 5.82 Å². The van der Waals surface area contributed by atoms with Crippen LogP contribution in [0.3, 0.4) is 0 Å². The summed E-state index contributed by atoms with van der Waals surface area (Å²) in [7, 11) is 2.17. The van der Waals surface area contributed by atoms with Gasteiger partial charge in [-0.3, -0.25) is 0 Å². The van der Waals surface area contributed by atoms with Gasteiger partial charge in [0.25, 0.3) is 0 Å². The number of benzene rings is 1. The second-order valence-electron chi connectivity index (χ2n) is 4.98. The highest BCUT2D eigenvalue weighted by atomic mass is 19.1. The number of nitrogens with zero attached hydrogens (tertiary/aromatic N) is 1. The molecular formula is C14H17FN2. The van der Waals surface area contributed by atoms with E-state index in [1.165, 1.54) is 31.0 Å². The molecule has 1 atom stereocenters. The molecule has 1 fully saturated rings. The molecule has 1 aromatic carbocycles. The fourth-order valence-electron chi connectivity index (χ4n) is 2.81. The van der Waals surface area contributed by atoms with Crippen LogP contribution in [0.1, 0.15) is 18.4 Å². The molecule has 0 spiro atoms. The number of rotatable bonds is 2. The summed E-state index contributed by atoms with van der Waals surface area (Å²) < 4.78 is 13.3. The van der Waals surface area contributed by atoms with Gasteiger partial charge in [0.15, 0.2) is 0 Å². The zero-order valence-electron chi connectivity index (χ0n) is 10.0. The van der Waals surface area contributed by atoms with E-state index in [0.717, 1.165) is 17.3 Å². The van der Waals surface area contributed by atoms with Gasteiger partial charge in [-0.2, -0.15) is 0 Å². The van der Waals surface area contributed by atoms with E-state index in [2.05, 4.69) is 16.9 Å². The van der Waals surface area contributed by atoms with E-state index in [0.29, 0.717) is 6.04 Å². The molecule has 90 valence electrons. The smallest absolute Gasteiger partial charge is 0.123 e. The predicted molar refractivity (Wildman–Crippen MR) is 67.6 cm³/mol.